The van der Waals surface area contributed by atoms with Gasteiger partial charge in [0.2, 0.25) is 0 Å². The fraction of sp³-hybridized carbons (Fsp3) is 0.500. The quantitative estimate of drug-likeness (QED) is 0.607. The third kappa shape index (κ3) is 1.18. The van der Waals surface area contributed by atoms with Crippen molar-refractivity contribution in [2.75, 3.05) is 0 Å². The lowest BCUT2D eigenvalue weighted by atomic mass is 10.1. The SMILES string of the molecule is CCc1c(O)[nH]c(O)c1CC. The molecule has 11 heavy (non-hydrogen) atoms. The number of aromatic amines is 1. The lowest BCUT2D eigenvalue weighted by Gasteiger charge is -1.96. The Balaban J connectivity index is 3.17. The van der Waals surface area contributed by atoms with Crippen LogP contribution in [0.25, 0.3) is 0 Å². The maximum absolute atomic E-state index is 9.23. The van der Waals surface area contributed by atoms with Crippen molar-refractivity contribution in [2.45, 2.75) is 26.7 Å². The summed E-state index contributed by atoms with van der Waals surface area (Å²) in [6.45, 7) is 3.89. The van der Waals surface area contributed by atoms with Crippen LogP contribution in [0.15, 0.2) is 0 Å². The summed E-state index contributed by atoms with van der Waals surface area (Å²) in [6.07, 6.45) is 1.48. The molecule has 0 aliphatic heterocycles. The molecule has 0 saturated carbocycles. The van der Waals surface area contributed by atoms with Gasteiger partial charge in [0, 0.05) is 11.1 Å². The topological polar surface area (TPSA) is 56.2 Å². The Kier molecular flexibility index (Phi) is 2.08. The molecule has 1 heterocycles. The minimum atomic E-state index is 0.0989. The molecule has 1 rings (SSSR count). The molecule has 0 aromatic carbocycles. The van der Waals surface area contributed by atoms with Crippen LogP contribution in [-0.2, 0) is 12.8 Å². The highest BCUT2D eigenvalue weighted by molar-refractivity contribution is 5.43. The Morgan fingerprint density at radius 3 is 1.64 bits per heavy atom. The van der Waals surface area contributed by atoms with Crippen molar-refractivity contribution in [1.29, 1.82) is 0 Å². The smallest absolute Gasteiger partial charge is 0.194 e. The third-order valence-corrected chi connectivity index (χ3v) is 1.88. The van der Waals surface area contributed by atoms with Gasteiger partial charge in [0.25, 0.3) is 0 Å². The first-order valence-corrected chi connectivity index (χ1v) is 3.82. The van der Waals surface area contributed by atoms with Crippen LogP contribution in [0.1, 0.15) is 25.0 Å². The first-order valence-electron chi connectivity index (χ1n) is 3.82. The molecule has 0 fully saturated rings. The van der Waals surface area contributed by atoms with Crippen LogP contribution in [-0.4, -0.2) is 15.2 Å². The zero-order valence-electron chi connectivity index (χ0n) is 6.81. The van der Waals surface area contributed by atoms with Gasteiger partial charge < -0.3 is 10.2 Å². The van der Waals surface area contributed by atoms with Crippen LogP contribution < -0.4 is 0 Å². The van der Waals surface area contributed by atoms with E-state index in [9.17, 15) is 10.2 Å². The van der Waals surface area contributed by atoms with Gasteiger partial charge in [0.05, 0.1) is 0 Å². The normalized spacial score (nSPS) is 10.4. The Hall–Kier alpha value is -1.12. The summed E-state index contributed by atoms with van der Waals surface area (Å²) >= 11 is 0. The van der Waals surface area contributed by atoms with Gasteiger partial charge in [-0.15, -0.1) is 0 Å². The van der Waals surface area contributed by atoms with Gasteiger partial charge in [0.15, 0.2) is 11.8 Å². The maximum Gasteiger partial charge on any atom is 0.194 e. The molecule has 0 radical (unpaired) electrons. The van der Waals surface area contributed by atoms with E-state index in [4.69, 9.17) is 0 Å². The number of aromatic nitrogens is 1. The van der Waals surface area contributed by atoms with E-state index < -0.39 is 0 Å². The standard InChI is InChI=1S/C8H13NO2/c1-3-5-6(4-2)8(11)9-7(5)10/h9-11H,3-4H2,1-2H3. The summed E-state index contributed by atoms with van der Waals surface area (Å²) in [5, 5.41) is 18.5. The summed E-state index contributed by atoms with van der Waals surface area (Å²) in [6, 6.07) is 0. The second-order valence-corrected chi connectivity index (χ2v) is 2.49. The molecular formula is C8H13NO2. The van der Waals surface area contributed by atoms with E-state index in [-0.39, 0.29) is 11.8 Å². The van der Waals surface area contributed by atoms with E-state index in [0.29, 0.717) is 0 Å². The first kappa shape index (κ1) is 7.98. The van der Waals surface area contributed by atoms with Crippen LogP contribution in [0.3, 0.4) is 0 Å². The third-order valence-electron chi connectivity index (χ3n) is 1.88. The predicted molar refractivity (Wildman–Crippen MR) is 42.9 cm³/mol. The monoisotopic (exact) mass is 155 g/mol. The van der Waals surface area contributed by atoms with Crippen LogP contribution in [0.5, 0.6) is 11.8 Å². The second-order valence-electron chi connectivity index (χ2n) is 2.49. The molecule has 62 valence electrons. The van der Waals surface area contributed by atoms with Gasteiger partial charge in [-0.25, -0.2) is 0 Å². The number of hydrogen-bond acceptors (Lipinski definition) is 2. The number of aromatic hydroxyl groups is 2. The van der Waals surface area contributed by atoms with Gasteiger partial charge in [-0.05, 0) is 12.8 Å². The van der Waals surface area contributed by atoms with Crippen molar-refractivity contribution in [1.82, 2.24) is 4.98 Å². The van der Waals surface area contributed by atoms with E-state index in [1.807, 2.05) is 13.8 Å². The van der Waals surface area contributed by atoms with Crippen molar-refractivity contribution < 1.29 is 10.2 Å². The van der Waals surface area contributed by atoms with Crippen molar-refractivity contribution in [2.24, 2.45) is 0 Å². The second kappa shape index (κ2) is 2.86. The Labute approximate surface area is 65.7 Å². The van der Waals surface area contributed by atoms with Crippen molar-refractivity contribution >= 4 is 0 Å². The Morgan fingerprint density at radius 2 is 1.36 bits per heavy atom. The molecule has 0 aliphatic carbocycles. The predicted octanol–water partition coefficient (Wildman–Crippen LogP) is 1.55. The summed E-state index contributed by atoms with van der Waals surface area (Å²) in [5.74, 6) is 0.198. The Bertz CT molecular complexity index is 228. The van der Waals surface area contributed by atoms with E-state index in [2.05, 4.69) is 4.98 Å². The minimum Gasteiger partial charge on any atom is -0.494 e. The molecule has 3 heteroatoms. The van der Waals surface area contributed by atoms with Crippen LogP contribution in [0, 0.1) is 0 Å². The molecule has 3 N–H and O–H groups in total. The van der Waals surface area contributed by atoms with Crippen molar-refractivity contribution in [3.8, 4) is 11.8 Å². The molecule has 0 atom stereocenters. The number of nitrogens with one attached hydrogen (secondary N) is 1. The largest absolute Gasteiger partial charge is 0.494 e. The zero-order chi connectivity index (χ0) is 8.43. The van der Waals surface area contributed by atoms with E-state index in [0.717, 1.165) is 24.0 Å². The summed E-state index contributed by atoms with van der Waals surface area (Å²) in [4.78, 5) is 2.49. The summed E-state index contributed by atoms with van der Waals surface area (Å²) in [5.41, 5.74) is 1.65. The van der Waals surface area contributed by atoms with Gasteiger partial charge in [-0.3, -0.25) is 4.98 Å². The van der Waals surface area contributed by atoms with Crippen LogP contribution in [0.2, 0.25) is 0 Å². The van der Waals surface area contributed by atoms with Crippen molar-refractivity contribution in [3.05, 3.63) is 11.1 Å². The number of H-pyrrole nitrogens is 1. The van der Waals surface area contributed by atoms with E-state index in [1.165, 1.54) is 0 Å². The van der Waals surface area contributed by atoms with Gasteiger partial charge in [-0.1, -0.05) is 13.8 Å². The lowest BCUT2D eigenvalue weighted by Crippen LogP contribution is -1.84. The highest BCUT2D eigenvalue weighted by Gasteiger charge is 2.12. The molecular weight excluding hydrogens is 142 g/mol. The van der Waals surface area contributed by atoms with Gasteiger partial charge in [-0.2, -0.15) is 0 Å². The van der Waals surface area contributed by atoms with Crippen LogP contribution >= 0.6 is 0 Å². The fourth-order valence-corrected chi connectivity index (χ4v) is 1.31. The lowest BCUT2D eigenvalue weighted by molar-refractivity contribution is 0.422. The summed E-state index contributed by atoms with van der Waals surface area (Å²) in [7, 11) is 0. The Morgan fingerprint density at radius 1 is 1.00 bits per heavy atom. The molecule has 1 aromatic rings. The molecule has 1 aromatic heterocycles. The highest BCUT2D eigenvalue weighted by Crippen LogP contribution is 2.29. The van der Waals surface area contributed by atoms with Crippen molar-refractivity contribution in [3.63, 3.8) is 0 Å². The van der Waals surface area contributed by atoms with E-state index in [1.54, 1.807) is 0 Å². The number of hydrogen-bond donors (Lipinski definition) is 3. The minimum absolute atomic E-state index is 0.0989. The molecule has 0 aliphatic rings. The molecule has 0 amide bonds. The molecule has 0 spiro atoms. The van der Waals surface area contributed by atoms with E-state index >= 15 is 0 Å². The summed E-state index contributed by atoms with van der Waals surface area (Å²) < 4.78 is 0. The molecule has 0 bridgehead atoms. The van der Waals surface area contributed by atoms with Gasteiger partial charge in [0.1, 0.15) is 0 Å². The molecule has 3 nitrogen and oxygen atoms in total. The fourth-order valence-electron chi connectivity index (χ4n) is 1.31. The highest BCUT2D eigenvalue weighted by atomic mass is 16.3. The van der Waals surface area contributed by atoms with Gasteiger partial charge >= 0.3 is 0 Å². The molecule has 0 unspecified atom stereocenters. The van der Waals surface area contributed by atoms with Crippen LogP contribution in [0.4, 0.5) is 0 Å². The number of rotatable bonds is 2. The zero-order valence-corrected chi connectivity index (χ0v) is 6.81. The average Bonchev–Trinajstić information content (AvgIpc) is 2.24. The average molecular weight is 155 g/mol. The first-order chi connectivity index (χ1) is 5.20. The maximum atomic E-state index is 9.23. The molecule has 0 saturated heterocycles.